The third-order valence-corrected chi connectivity index (χ3v) is 18.9. The minimum absolute atomic E-state index is 0.887. The number of hydrogen-bond donors (Lipinski definition) is 7. The molecule has 0 bridgehead atoms. The molecular weight excluding hydrogens is 1360 g/mol. The number of H-pyrrole nitrogens is 3. The van der Waals surface area contributed by atoms with Crippen molar-refractivity contribution in [2.45, 2.75) is 90.3 Å². The number of nitrogens with zero attached hydrogens (tertiary/aromatic N) is 22. The van der Waals surface area contributed by atoms with Crippen molar-refractivity contribution in [3.8, 4) is 0 Å². The summed E-state index contributed by atoms with van der Waals surface area (Å²) in [5.41, 5.74) is 22.4. The second-order valence-corrected chi connectivity index (χ2v) is 26.0. The van der Waals surface area contributed by atoms with E-state index in [4.69, 9.17) is 0 Å². The van der Waals surface area contributed by atoms with Crippen molar-refractivity contribution >= 4 is 62.9 Å². The van der Waals surface area contributed by atoms with Gasteiger partial charge in [-0.3, -0.25) is 33.9 Å². The molecular formula is C77H87N29S. The maximum absolute atomic E-state index is 4.28. The number of aromatic nitrogens is 23. The first-order chi connectivity index (χ1) is 53.1. The monoisotopic (exact) mass is 1450 g/mol. The largest absolute Gasteiger partial charge is 0.351 e. The van der Waals surface area contributed by atoms with Crippen LogP contribution in [-0.4, -0.2) is 170 Å². The lowest BCUT2D eigenvalue weighted by molar-refractivity contribution is 0.627. The van der Waals surface area contributed by atoms with Gasteiger partial charge in [0.2, 0.25) is 0 Å². The Balaban J connectivity index is 0.000000103. The first kappa shape index (κ1) is 73.1. The number of nitrogens with one attached hydrogen (secondary N) is 7. The molecule has 0 unspecified atom stereocenters. The lowest BCUT2D eigenvalue weighted by Crippen LogP contribution is -2.24. The fraction of sp³-hybridized carbons (Fsp3) is 0.273. The van der Waals surface area contributed by atoms with Gasteiger partial charge >= 0.3 is 0 Å². The quantitative estimate of drug-likeness (QED) is 0.0742. The molecule has 8 aliphatic rings. The minimum atomic E-state index is 0.887. The van der Waals surface area contributed by atoms with Crippen molar-refractivity contribution in [3.05, 3.63) is 283 Å². The van der Waals surface area contributed by atoms with Crippen LogP contribution >= 0.6 is 11.3 Å². The first-order valence-corrected chi connectivity index (χ1v) is 36.9. The highest BCUT2D eigenvalue weighted by molar-refractivity contribution is 7.09. The molecule has 30 heteroatoms. The number of aliphatic imine (C=N–C) groups is 2. The van der Waals surface area contributed by atoms with E-state index < -0.39 is 0 Å². The summed E-state index contributed by atoms with van der Waals surface area (Å²) in [6, 6.07) is 27.5. The molecule has 0 saturated heterocycles. The van der Waals surface area contributed by atoms with Gasteiger partial charge in [-0.25, -0.2) is 43.9 Å². The zero-order valence-electron chi connectivity index (χ0n) is 59.5. The number of aryl methyl sites for hydroxylation is 4. The number of hydrogen-bond acceptors (Lipinski definition) is 21. The van der Waals surface area contributed by atoms with E-state index in [1.807, 2.05) is 163 Å². The summed E-state index contributed by atoms with van der Waals surface area (Å²) in [4.78, 5) is 52.2. The van der Waals surface area contributed by atoms with E-state index >= 15 is 0 Å². The molecule has 0 radical (unpaired) electrons. The van der Waals surface area contributed by atoms with Crippen LogP contribution in [0.4, 0.5) is 0 Å². The SMILES string of the molecule is C1=NC2=C(C1)CNCC2.C1=NCC2=C1CCNC2.c1cc2n(c1)CCC2.c1cc2nc[nH]c2cn1.c1cc2nccn2cn1.c1ccn2cnnc2c1.c1ccn2nccc2c1.c1ccn2ncnc2c1.c1cn2ccnc2cn1.c1n[nH]c2c1CNCC2.c1nc2c([nH]1)CNCC2.c1nc2c(s1)CCCC2. The van der Waals surface area contributed by atoms with Crippen molar-refractivity contribution < 1.29 is 0 Å². The highest BCUT2D eigenvalue weighted by atomic mass is 32.1. The molecule has 16 aromatic heterocycles. The number of thiazole rings is 1. The molecule has 23 heterocycles. The van der Waals surface area contributed by atoms with Crippen molar-refractivity contribution in [2.75, 3.05) is 45.8 Å². The van der Waals surface area contributed by atoms with Gasteiger partial charge < -0.3 is 40.2 Å². The summed E-state index contributed by atoms with van der Waals surface area (Å²) in [6.45, 7) is 10.6. The molecule has 29 nitrogen and oxygen atoms in total. The Morgan fingerprint density at radius 1 is 0.486 bits per heavy atom. The van der Waals surface area contributed by atoms with E-state index in [0.29, 0.717) is 0 Å². The van der Waals surface area contributed by atoms with Gasteiger partial charge in [0.1, 0.15) is 24.6 Å². The second kappa shape index (κ2) is 39.6. The molecule has 546 valence electrons. The Morgan fingerprint density at radius 2 is 1.28 bits per heavy atom. The van der Waals surface area contributed by atoms with Crippen LogP contribution in [0.2, 0.25) is 0 Å². The van der Waals surface area contributed by atoms with Crippen LogP contribution in [-0.2, 0) is 51.7 Å². The zero-order valence-corrected chi connectivity index (χ0v) is 60.4. The Labute approximate surface area is 621 Å². The molecule has 24 rings (SSSR count). The van der Waals surface area contributed by atoms with Gasteiger partial charge in [0.15, 0.2) is 16.9 Å². The lowest BCUT2D eigenvalue weighted by Gasteiger charge is -2.12. The standard InChI is InChI=1S/2C7H10N2.C7H6N2.C7H9NS.C7H9N.C6H5N3.2C6H9N3.4C6H5N3/c1-4-9-7-2-3-8-5-6(1)7;1-2-8-4-7-5-9-3-6(1)7;1-2-6-9-7(3-1)4-5-8-9;1-2-4-7-6(3-1)8-5-9-7;1-3-7-4-2-6-8(7)5-1;1-3-9-4-2-8-6(9)5-7-1;1-2-7-3-5-4-8-9-6(1)5;2*1-2-7-3-6-5(1)8-4-9-6;1-2-7-5-9-4-3-8-6(1)9;1-2-4-9-5-7-8-6(9)3-1;1-2-4-9-6(3-1)7-5-8-9/h4,8H,1-3,5H2;3,8H,1-2,4-5H2;1-6H;5H,1-4H2;1,3,5H,2,4,6H2;1-5H;2*4,7H,1-3H2,(H,8,9);1-4H,(H,8,9);3*1-5H. The van der Waals surface area contributed by atoms with Crippen molar-refractivity contribution in [2.24, 2.45) is 9.98 Å². The molecule has 0 spiro atoms. The Bertz CT molecular complexity index is 4470. The Kier molecular flexibility index (Phi) is 27.1. The van der Waals surface area contributed by atoms with Gasteiger partial charge in [0.05, 0.1) is 76.9 Å². The average Bonchev–Trinajstić information content (AvgIpc) is 1.73. The van der Waals surface area contributed by atoms with Crippen LogP contribution in [0.5, 0.6) is 0 Å². The molecule has 0 atom stereocenters. The molecule has 0 amide bonds. The molecule has 107 heavy (non-hydrogen) atoms. The van der Waals surface area contributed by atoms with E-state index in [2.05, 4.69) is 140 Å². The summed E-state index contributed by atoms with van der Waals surface area (Å²) in [6.07, 6.45) is 55.1. The molecule has 0 saturated carbocycles. The first-order valence-electron chi connectivity index (χ1n) is 36.0. The zero-order chi connectivity index (χ0) is 72.5. The topological polar surface area (TPSA) is 328 Å². The van der Waals surface area contributed by atoms with Crippen molar-refractivity contribution in [1.82, 2.24) is 133 Å². The number of aromatic amines is 3. The normalized spacial score (nSPS) is 15.0. The molecule has 0 aromatic carbocycles. The maximum Gasteiger partial charge on any atom is 0.160 e. The van der Waals surface area contributed by atoms with Crippen molar-refractivity contribution in [3.63, 3.8) is 0 Å². The number of pyridine rings is 4. The van der Waals surface area contributed by atoms with Crippen LogP contribution < -0.4 is 21.3 Å². The number of rotatable bonds is 0. The summed E-state index contributed by atoms with van der Waals surface area (Å²) in [5.74, 6) is 0. The molecule has 1 aliphatic carbocycles. The second-order valence-electron chi connectivity index (χ2n) is 25.1. The smallest absolute Gasteiger partial charge is 0.160 e. The number of imidazole rings is 4. The van der Waals surface area contributed by atoms with Gasteiger partial charge in [-0.2, -0.15) is 15.3 Å². The Morgan fingerprint density at radius 3 is 2.13 bits per heavy atom. The van der Waals surface area contributed by atoms with Crippen LogP contribution in [0.1, 0.15) is 77.4 Å². The molecule has 16 aromatic rings. The third-order valence-electron chi connectivity index (χ3n) is 18.0. The van der Waals surface area contributed by atoms with E-state index in [-0.39, 0.29) is 0 Å². The van der Waals surface area contributed by atoms with E-state index in [0.717, 1.165) is 124 Å². The molecule has 7 aliphatic heterocycles. The highest BCUT2D eigenvalue weighted by Crippen LogP contribution is 2.23. The number of fused-ring (bicyclic) bond motifs is 10. The fourth-order valence-electron chi connectivity index (χ4n) is 12.3. The fourth-order valence-corrected chi connectivity index (χ4v) is 13.1. The summed E-state index contributed by atoms with van der Waals surface area (Å²) < 4.78 is 11.5. The van der Waals surface area contributed by atoms with Gasteiger partial charge in [-0.05, 0) is 135 Å². The van der Waals surface area contributed by atoms with Crippen LogP contribution in [0.15, 0.2) is 254 Å². The highest BCUT2D eigenvalue weighted by Gasteiger charge is 2.16. The maximum atomic E-state index is 4.28. The average molecular weight is 1450 g/mol. The summed E-state index contributed by atoms with van der Waals surface area (Å²) in [7, 11) is 0. The molecule has 0 fully saturated rings. The predicted molar refractivity (Wildman–Crippen MR) is 416 cm³/mol. The van der Waals surface area contributed by atoms with E-state index in [9.17, 15) is 0 Å². The van der Waals surface area contributed by atoms with Crippen molar-refractivity contribution in [1.29, 1.82) is 0 Å². The summed E-state index contributed by atoms with van der Waals surface area (Å²) in [5, 5.41) is 35.6. The van der Waals surface area contributed by atoms with Crippen LogP contribution in [0.3, 0.4) is 0 Å². The molecule has 7 N–H and O–H groups in total. The van der Waals surface area contributed by atoms with E-state index in [1.165, 1.54) is 119 Å². The summed E-state index contributed by atoms with van der Waals surface area (Å²) >= 11 is 1.81. The predicted octanol–water partition coefficient (Wildman–Crippen LogP) is 9.85. The lowest BCUT2D eigenvalue weighted by atomic mass is 10.0. The van der Waals surface area contributed by atoms with Crippen LogP contribution in [0.25, 0.3) is 39.1 Å². The van der Waals surface area contributed by atoms with Gasteiger partial charge in [-0.15, -0.1) is 21.5 Å². The van der Waals surface area contributed by atoms with Crippen LogP contribution in [0, 0.1) is 0 Å². The van der Waals surface area contributed by atoms with Gasteiger partial charge in [0.25, 0.3) is 0 Å². The van der Waals surface area contributed by atoms with E-state index in [1.54, 1.807) is 79.4 Å². The Hall–Kier alpha value is -12.2. The third kappa shape index (κ3) is 21.7. The van der Waals surface area contributed by atoms with Gasteiger partial charge in [0, 0.05) is 199 Å². The minimum Gasteiger partial charge on any atom is -0.351 e. The van der Waals surface area contributed by atoms with Gasteiger partial charge in [-0.1, -0.05) is 18.2 Å².